The molecule has 0 unspecified atom stereocenters. The Labute approximate surface area is 157 Å². The standard InChI is InChI=1S/C23H20FN2O/c1-13(2)17-12-26(4)19(10-18(17)24)21-14(3)8-9-16-22-15(11-25)6-5-7-20(22)27-23(16)21/h5-10,12-13H,1-4H3/q+1. The van der Waals surface area contributed by atoms with Crippen molar-refractivity contribution in [1.82, 2.24) is 0 Å². The van der Waals surface area contributed by atoms with Crippen LogP contribution < -0.4 is 4.57 Å². The van der Waals surface area contributed by atoms with E-state index in [1.54, 1.807) is 12.1 Å². The maximum absolute atomic E-state index is 14.7. The molecule has 4 aromatic rings. The summed E-state index contributed by atoms with van der Waals surface area (Å²) in [5.74, 6) is -0.116. The maximum Gasteiger partial charge on any atom is 0.219 e. The summed E-state index contributed by atoms with van der Waals surface area (Å²) in [7, 11) is 1.92. The minimum atomic E-state index is -0.219. The zero-order valence-corrected chi connectivity index (χ0v) is 15.8. The van der Waals surface area contributed by atoms with Crippen LogP contribution >= 0.6 is 0 Å². The third kappa shape index (κ3) is 2.59. The highest BCUT2D eigenvalue weighted by Gasteiger charge is 2.24. The van der Waals surface area contributed by atoms with Crippen LogP contribution in [0.1, 0.15) is 36.5 Å². The number of hydrogen-bond acceptors (Lipinski definition) is 2. The molecule has 0 amide bonds. The van der Waals surface area contributed by atoms with Crippen molar-refractivity contribution in [1.29, 1.82) is 5.26 Å². The highest BCUT2D eigenvalue weighted by Crippen LogP contribution is 2.38. The van der Waals surface area contributed by atoms with Crippen molar-refractivity contribution in [2.24, 2.45) is 7.05 Å². The van der Waals surface area contributed by atoms with Gasteiger partial charge in [-0.25, -0.2) is 8.96 Å². The summed E-state index contributed by atoms with van der Waals surface area (Å²) in [5.41, 5.74) is 5.20. The number of aryl methyl sites for hydroxylation is 2. The molecule has 2 aromatic carbocycles. The summed E-state index contributed by atoms with van der Waals surface area (Å²) < 4.78 is 22.8. The average Bonchev–Trinajstić information content (AvgIpc) is 3.01. The third-order valence-electron chi connectivity index (χ3n) is 5.12. The van der Waals surface area contributed by atoms with E-state index in [0.29, 0.717) is 22.3 Å². The highest BCUT2D eigenvalue weighted by molar-refractivity contribution is 6.11. The van der Waals surface area contributed by atoms with Crippen molar-refractivity contribution in [3.05, 3.63) is 65.1 Å². The van der Waals surface area contributed by atoms with Gasteiger partial charge in [0.15, 0.2) is 6.20 Å². The molecular weight excluding hydrogens is 339 g/mol. The topological polar surface area (TPSA) is 40.8 Å². The van der Waals surface area contributed by atoms with Gasteiger partial charge < -0.3 is 4.42 Å². The molecule has 0 spiro atoms. The largest absolute Gasteiger partial charge is 0.455 e. The van der Waals surface area contributed by atoms with Crippen molar-refractivity contribution < 1.29 is 13.4 Å². The average molecular weight is 359 g/mol. The number of nitrogens with zero attached hydrogens (tertiary/aromatic N) is 2. The second kappa shape index (κ2) is 6.21. The van der Waals surface area contributed by atoms with E-state index in [1.165, 1.54) is 0 Å². The maximum atomic E-state index is 14.7. The predicted octanol–water partition coefficient (Wildman–Crippen LogP) is 5.52. The molecule has 0 N–H and O–H groups in total. The first kappa shape index (κ1) is 17.2. The smallest absolute Gasteiger partial charge is 0.219 e. The molecule has 0 saturated carbocycles. The van der Waals surface area contributed by atoms with E-state index in [0.717, 1.165) is 27.6 Å². The van der Waals surface area contributed by atoms with Crippen molar-refractivity contribution in [3.63, 3.8) is 0 Å². The van der Waals surface area contributed by atoms with Gasteiger partial charge in [-0.1, -0.05) is 32.0 Å². The first-order valence-corrected chi connectivity index (χ1v) is 8.96. The number of hydrogen-bond donors (Lipinski definition) is 0. The minimum Gasteiger partial charge on any atom is -0.455 e. The van der Waals surface area contributed by atoms with Crippen LogP contribution in [0.5, 0.6) is 0 Å². The van der Waals surface area contributed by atoms with E-state index in [4.69, 9.17) is 4.42 Å². The number of aromatic nitrogens is 1. The lowest BCUT2D eigenvalue weighted by Crippen LogP contribution is -2.32. The van der Waals surface area contributed by atoms with Crippen LogP contribution in [-0.2, 0) is 7.05 Å². The number of furan rings is 1. The molecule has 4 rings (SSSR count). The lowest BCUT2D eigenvalue weighted by atomic mass is 9.97. The van der Waals surface area contributed by atoms with Gasteiger partial charge in [-0.15, -0.1) is 0 Å². The molecule has 0 bridgehead atoms. The fraction of sp³-hybridized carbons (Fsp3) is 0.217. The van der Waals surface area contributed by atoms with Gasteiger partial charge in [-0.2, -0.15) is 5.26 Å². The molecule has 3 nitrogen and oxygen atoms in total. The minimum absolute atomic E-state index is 0.103. The van der Waals surface area contributed by atoms with Crippen LogP contribution in [0.25, 0.3) is 33.2 Å². The summed E-state index contributed by atoms with van der Waals surface area (Å²) in [6.45, 7) is 5.95. The number of nitriles is 1. The molecule has 2 aromatic heterocycles. The van der Waals surface area contributed by atoms with E-state index in [9.17, 15) is 9.65 Å². The van der Waals surface area contributed by atoms with Crippen molar-refractivity contribution >= 4 is 21.9 Å². The highest BCUT2D eigenvalue weighted by atomic mass is 19.1. The van der Waals surface area contributed by atoms with Gasteiger partial charge >= 0.3 is 0 Å². The van der Waals surface area contributed by atoms with Gasteiger partial charge in [0.2, 0.25) is 5.69 Å². The van der Waals surface area contributed by atoms with E-state index in [2.05, 4.69) is 6.07 Å². The number of fused-ring (bicyclic) bond motifs is 3. The Morgan fingerprint density at radius 1 is 1.19 bits per heavy atom. The summed E-state index contributed by atoms with van der Waals surface area (Å²) >= 11 is 0. The molecular formula is C23H20FN2O+. The van der Waals surface area contributed by atoms with Crippen LogP contribution in [0.2, 0.25) is 0 Å². The number of pyridine rings is 1. The van der Waals surface area contributed by atoms with Crippen LogP contribution in [0.4, 0.5) is 4.39 Å². The summed E-state index contributed by atoms with van der Waals surface area (Å²) in [6, 6.07) is 13.2. The molecule has 0 fully saturated rings. The van der Waals surface area contributed by atoms with Gasteiger partial charge in [0.05, 0.1) is 22.8 Å². The molecule has 4 heteroatoms. The quantitative estimate of drug-likeness (QED) is 0.442. The predicted molar refractivity (Wildman–Crippen MR) is 104 cm³/mol. The fourth-order valence-corrected chi connectivity index (χ4v) is 3.72. The molecule has 27 heavy (non-hydrogen) atoms. The molecule has 0 radical (unpaired) electrons. The van der Waals surface area contributed by atoms with Crippen LogP contribution in [0.3, 0.4) is 0 Å². The lowest BCUT2D eigenvalue weighted by molar-refractivity contribution is -0.661. The first-order chi connectivity index (χ1) is 12.9. The zero-order valence-electron chi connectivity index (χ0n) is 15.8. The van der Waals surface area contributed by atoms with Gasteiger partial charge in [-0.3, -0.25) is 0 Å². The van der Waals surface area contributed by atoms with Crippen molar-refractivity contribution in [3.8, 4) is 17.3 Å². The monoisotopic (exact) mass is 359 g/mol. The Bertz CT molecular complexity index is 1250. The van der Waals surface area contributed by atoms with Gasteiger partial charge in [0.1, 0.15) is 24.0 Å². The Morgan fingerprint density at radius 2 is 1.96 bits per heavy atom. The van der Waals surface area contributed by atoms with Crippen LogP contribution in [0.15, 0.2) is 47.0 Å². The van der Waals surface area contributed by atoms with Crippen LogP contribution in [0, 0.1) is 24.1 Å². The first-order valence-electron chi connectivity index (χ1n) is 8.96. The lowest BCUT2D eigenvalue weighted by Gasteiger charge is -2.09. The molecule has 0 aliphatic carbocycles. The van der Waals surface area contributed by atoms with E-state index < -0.39 is 0 Å². The van der Waals surface area contributed by atoms with E-state index in [-0.39, 0.29) is 11.7 Å². The van der Waals surface area contributed by atoms with Crippen molar-refractivity contribution in [2.45, 2.75) is 26.7 Å². The Balaban J connectivity index is 2.10. The summed E-state index contributed by atoms with van der Waals surface area (Å²) in [4.78, 5) is 0. The van der Waals surface area contributed by atoms with E-state index in [1.807, 2.05) is 62.8 Å². The third-order valence-corrected chi connectivity index (χ3v) is 5.12. The van der Waals surface area contributed by atoms with Crippen molar-refractivity contribution in [2.75, 3.05) is 0 Å². The summed E-state index contributed by atoms with van der Waals surface area (Å²) in [5, 5.41) is 11.1. The Kier molecular flexibility index (Phi) is 3.96. The van der Waals surface area contributed by atoms with Gasteiger partial charge in [-0.05, 0) is 30.5 Å². The molecule has 134 valence electrons. The number of benzene rings is 2. The molecule has 0 aliphatic rings. The summed E-state index contributed by atoms with van der Waals surface area (Å²) in [6.07, 6.45) is 1.84. The Hall–Kier alpha value is -3.19. The number of rotatable bonds is 2. The SMILES string of the molecule is Cc1ccc2c(oc3cccc(C#N)c32)c1-c1cc(F)c(C(C)C)c[n+]1C. The molecule has 2 heterocycles. The second-order valence-electron chi connectivity index (χ2n) is 7.25. The Morgan fingerprint density at radius 3 is 2.67 bits per heavy atom. The van der Waals surface area contributed by atoms with Crippen LogP contribution in [-0.4, -0.2) is 0 Å². The fourth-order valence-electron chi connectivity index (χ4n) is 3.72. The number of halogens is 1. The van der Waals surface area contributed by atoms with Gasteiger partial charge in [0, 0.05) is 16.8 Å². The van der Waals surface area contributed by atoms with Gasteiger partial charge in [0.25, 0.3) is 0 Å². The molecule has 0 saturated heterocycles. The normalized spacial score (nSPS) is 11.4. The second-order valence-corrected chi connectivity index (χ2v) is 7.25. The zero-order chi connectivity index (χ0) is 19.3. The molecule has 0 atom stereocenters. The van der Waals surface area contributed by atoms with E-state index >= 15 is 0 Å². The molecule has 0 aliphatic heterocycles.